The third-order valence-electron chi connectivity index (χ3n) is 2.48. The molecule has 0 heterocycles. The molecular weight excluding hydrogens is 204 g/mol. The molecule has 96 valence electrons. The number of nitrogens with two attached hydrogens (primary N) is 1. The molecule has 0 spiro atoms. The van der Waals surface area contributed by atoms with Crippen molar-refractivity contribution in [3.63, 3.8) is 0 Å². The maximum Gasteiger partial charge on any atom is 0.221 e. The topological polar surface area (TPSA) is 64.4 Å². The molecule has 0 aliphatic rings. The molecule has 3 N–H and O–H groups in total. The number of carbonyl (C=O) groups is 1. The normalized spacial score (nSPS) is 14.5. The van der Waals surface area contributed by atoms with Crippen molar-refractivity contribution in [2.75, 3.05) is 13.7 Å². The molecule has 0 aliphatic heterocycles. The molecule has 0 aromatic carbocycles. The van der Waals surface area contributed by atoms with Gasteiger partial charge in [-0.05, 0) is 12.8 Å². The number of methoxy groups -OCH3 is 1. The molecule has 0 rings (SSSR count). The first-order valence-electron chi connectivity index (χ1n) is 6.17. The molecule has 4 nitrogen and oxygen atoms in total. The van der Waals surface area contributed by atoms with Gasteiger partial charge < -0.3 is 15.8 Å². The van der Waals surface area contributed by atoms with Crippen molar-refractivity contribution >= 4 is 5.91 Å². The minimum Gasteiger partial charge on any atom is -0.383 e. The smallest absolute Gasteiger partial charge is 0.221 e. The number of hydrogen-bond acceptors (Lipinski definition) is 3. The van der Waals surface area contributed by atoms with Crippen LogP contribution in [0.4, 0.5) is 0 Å². The number of carbonyl (C=O) groups excluding carboxylic acids is 1. The van der Waals surface area contributed by atoms with Crippen LogP contribution in [0.5, 0.6) is 0 Å². The summed E-state index contributed by atoms with van der Waals surface area (Å²) in [6.45, 7) is 4.74. The fourth-order valence-electron chi connectivity index (χ4n) is 1.74. The van der Waals surface area contributed by atoms with Crippen LogP contribution in [0.3, 0.4) is 0 Å². The predicted octanol–water partition coefficient (Wildman–Crippen LogP) is 1.44. The van der Waals surface area contributed by atoms with Gasteiger partial charge in [-0.15, -0.1) is 0 Å². The Morgan fingerprint density at radius 2 is 1.94 bits per heavy atom. The summed E-state index contributed by atoms with van der Waals surface area (Å²) in [7, 11) is 1.65. The van der Waals surface area contributed by atoms with E-state index in [4.69, 9.17) is 10.5 Å². The molecule has 16 heavy (non-hydrogen) atoms. The van der Waals surface area contributed by atoms with Gasteiger partial charge in [0.2, 0.25) is 5.91 Å². The fourth-order valence-corrected chi connectivity index (χ4v) is 1.74. The largest absolute Gasteiger partial charge is 0.383 e. The second kappa shape index (κ2) is 9.60. The average Bonchev–Trinajstić information content (AvgIpc) is 2.18. The lowest BCUT2D eigenvalue weighted by atomic mass is 10.1. The molecule has 0 aromatic heterocycles. The lowest BCUT2D eigenvalue weighted by Crippen LogP contribution is -2.40. The summed E-state index contributed by atoms with van der Waals surface area (Å²) in [4.78, 5) is 11.6. The lowest BCUT2D eigenvalue weighted by molar-refractivity contribution is -0.122. The van der Waals surface area contributed by atoms with Gasteiger partial charge in [0, 0.05) is 19.6 Å². The van der Waals surface area contributed by atoms with Crippen LogP contribution >= 0.6 is 0 Å². The SMILES string of the molecule is CCCC(N)CC(=O)NC(CCC)COC. The molecule has 0 radical (unpaired) electrons. The van der Waals surface area contributed by atoms with Crippen LogP contribution in [-0.4, -0.2) is 31.7 Å². The number of ether oxygens (including phenoxy) is 1. The van der Waals surface area contributed by atoms with Crippen LogP contribution in [0.25, 0.3) is 0 Å². The predicted molar refractivity (Wildman–Crippen MR) is 66.2 cm³/mol. The highest BCUT2D eigenvalue weighted by molar-refractivity contribution is 5.76. The number of hydrogen-bond donors (Lipinski definition) is 2. The van der Waals surface area contributed by atoms with E-state index in [-0.39, 0.29) is 18.0 Å². The minimum atomic E-state index is -0.0187. The van der Waals surface area contributed by atoms with Gasteiger partial charge in [0.15, 0.2) is 0 Å². The molecule has 0 aliphatic carbocycles. The van der Waals surface area contributed by atoms with Gasteiger partial charge in [-0.25, -0.2) is 0 Å². The summed E-state index contributed by atoms with van der Waals surface area (Å²) in [5.74, 6) is 0.0384. The van der Waals surface area contributed by atoms with E-state index < -0.39 is 0 Å². The molecule has 2 unspecified atom stereocenters. The third kappa shape index (κ3) is 7.65. The van der Waals surface area contributed by atoms with E-state index in [1.54, 1.807) is 7.11 Å². The Morgan fingerprint density at radius 1 is 1.31 bits per heavy atom. The second-order valence-corrected chi connectivity index (χ2v) is 4.26. The quantitative estimate of drug-likeness (QED) is 0.630. The molecule has 0 aromatic rings. The molecule has 0 saturated heterocycles. The van der Waals surface area contributed by atoms with Gasteiger partial charge in [0.1, 0.15) is 0 Å². The van der Waals surface area contributed by atoms with Crippen LogP contribution < -0.4 is 11.1 Å². The van der Waals surface area contributed by atoms with E-state index in [2.05, 4.69) is 19.2 Å². The van der Waals surface area contributed by atoms with Crippen molar-refractivity contribution < 1.29 is 9.53 Å². The van der Waals surface area contributed by atoms with Crippen LogP contribution in [-0.2, 0) is 9.53 Å². The van der Waals surface area contributed by atoms with E-state index in [9.17, 15) is 4.79 Å². The lowest BCUT2D eigenvalue weighted by Gasteiger charge is -2.18. The summed E-state index contributed by atoms with van der Waals surface area (Å²) < 4.78 is 5.06. The Bertz CT molecular complexity index is 180. The molecule has 0 fully saturated rings. The molecule has 0 bridgehead atoms. The summed E-state index contributed by atoms with van der Waals surface area (Å²) in [5.41, 5.74) is 5.82. The van der Waals surface area contributed by atoms with Crippen molar-refractivity contribution in [3.05, 3.63) is 0 Å². The van der Waals surface area contributed by atoms with Gasteiger partial charge in [-0.2, -0.15) is 0 Å². The first kappa shape index (κ1) is 15.4. The van der Waals surface area contributed by atoms with Gasteiger partial charge in [-0.3, -0.25) is 4.79 Å². The first-order valence-corrected chi connectivity index (χ1v) is 6.17. The van der Waals surface area contributed by atoms with Gasteiger partial charge in [0.25, 0.3) is 0 Å². The Kier molecular flexibility index (Phi) is 9.24. The zero-order valence-corrected chi connectivity index (χ0v) is 10.8. The van der Waals surface area contributed by atoms with Gasteiger partial charge in [-0.1, -0.05) is 26.7 Å². The maximum atomic E-state index is 11.6. The fraction of sp³-hybridized carbons (Fsp3) is 0.917. The van der Waals surface area contributed by atoms with Crippen molar-refractivity contribution in [2.45, 2.75) is 58.0 Å². The van der Waals surface area contributed by atoms with Gasteiger partial charge >= 0.3 is 0 Å². The minimum absolute atomic E-state index is 0.0187. The zero-order chi connectivity index (χ0) is 12.4. The van der Waals surface area contributed by atoms with Crippen LogP contribution in [0.1, 0.15) is 46.0 Å². The maximum absolute atomic E-state index is 11.6. The molecule has 2 atom stereocenters. The Morgan fingerprint density at radius 3 is 2.44 bits per heavy atom. The highest BCUT2D eigenvalue weighted by atomic mass is 16.5. The summed E-state index contributed by atoms with van der Waals surface area (Å²) >= 11 is 0. The van der Waals surface area contributed by atoms with Crippen molar-refractivity contribution in [2.24, 2.45) is 5.73 Å². The van der Waals surface area contributed by atoms with Crippen molar-refractivity contribution in [1.82, 2.24) is 5.32 Å². The molecular formula is C12H26N2O2. The van der Waals surface area contributed by atoms with Gasteiger partial charge in [0.05, 0.1) is 12.6 Å². The molecule has 1 amide bonds. The van der Waals surface area contributed by atoms with E-state index in [1.165, 1.54) is 0 Å². The monoisotopic (exact) mass is 230 g/mol. The number of rotatable bonds is 9. The molecule has 4 heteroatoms. The first-order chi connectivity index (χ1) is 7.63. The van der Waals surface area contributed by atoms with E-state index in [0.717, 1.165) is 25.7 Å². The van der Waals surface area contributed by atoms with Crippen LogP contribution in [0, 0.1) is 0 Å². The highest BCUT2D eigenvalue weighted by Crippen LogP contribution is 2.01. The zero-order valence-electron chi connectivity index (χ0n) is 10.8. The van der Waals surface area contributed by atoms with Crippen molar-refractivity contribution in [3.8, 4) is 0 Å². The molecule has 0 saturated carbocycles. The highest BCUT2D eigenvalue weighted by Gasteiger charge is 2.13. The van der Waals surface area contributed by atoms with E-state index >= 15 is 0 Å². The Hall–Kier alpha value is -0.610. The van der Waals surface area contributed by atoms with Crippen LogP contribution in [0.2, 0.25) is 0 Å². The number of amides is 1. The Labute approximate surface area is 98.9 Å². The Balaban J connectivity index is 3.88. The third-order valence-corrected chi connectivity index (χ3v) is 2.48. The summed E-state index contributed by atoms with van der Waals surface area (Å²) in [5, 5.41) is 2.96. The number of nitrogens with one attached hydrogen (secondary N) is 1. The van der Waals surface area contributed by atoms with E-state index in [1.807, 2.05) is 0 Å². The average molecular weight is 230 g/mol. The summed E-state index contributed by atoms with van der Waals surface area (Å²) in [6.07, 6.45) is 4.32. The standard InChI is InChI=1S/C12H26N2O2/c1-4-6-10(13)8-12(15)14-11(7-5-2)9-16-3/h10-11H,4-9,13H2,1-3H3,(H,14,15). The summed E-state index contributed by atoms with van der Waals surface area (Å²) in [6, 6.07) is 0.103. The second-order valence-electron chi connectivity index (χ2n) is 4.26. The van der Waals surface area contributed by atoms with Crippen molar-refractivity contribution in [1.29, 1.82) is 0 Å². The van der Waals surface area contributed by atoms with E-state index in [0.29, 0.717) is 13.0 Å². The van der Waals surface area contributed by atoms with Crippen LogP contribution in [0.15, 0.2) is 0 Å².